The Morgan fingerprint density at radius 2 is 0.750 bits per heavy atom. The molecule has 0 saturated carbocycles. The lowest BCUT2D eigenvalue weighted by atomic mass is 9.95. The zero-order valence-electron chi connectivity index (χ0n) is 23.9. The van der Waals surface area contributed by atoms with Crippen molar-refractivity contribution in [1.82, 2.24) is 9.13 Å². The summed E-state index contributed by atoms with van der Waals surface area (Å²) in [4.78, 5) is 0. The summed E-state index contributed by atoms with van der Waals surface area (Å²) in [5.74, 6) is 0. The highest BCUT2D eigenvalue weighted by Crippen LogP contribution is 2.40. The molecule has 0 atom stereocenters. The monoisotopic (exact) mass is 558 g/mol. The van der Waals surface area contributed by atoms with E-state index in [2.05, 4.69) is 167 Å². The molecule has 2 aromatic heterocycles. The molecule has 2 nitrogen and oxygen atoms in total. The fraction of sp³-hybridized carbons (Fsp3) is 0. The average Bonchev–Trinajstić information content (AvgIpc) is 3.60. The predicted octanol–water partition coefficient (Wildman–Crippen LogP) is 11.3. The number of aromatic nitrogens is 2. The summed E-state index contributed by atoms with van der Waals surface area (Å²) in [6.45, 7) is 0. The van der Waals surface area contributed by atoms with Crippen LogP contribution in [0.1, 0.15) is 0 Å². The van der Waals surface area contributed by atoms with Gasteiger partial charge in [-0.25, -0.2) is 0 Å². The van der Waals surface area contributed by atoms with Gasteiger partial charge in [0.2, 0.25) is 0 Å². The van der Waals surface area contributed by atoms with Gasteiger partial charge in [0.05, 0.1) is 27.8 Å². The Labute approximate surface area is 253 Å². The number of fused-ring (bicyclic) bond motifs is 11. The molecule has 0 unspecified atom stereocenters. The Morgan fingerprint density at radius 1 is 0.295 bits per heavy atom. The molecule has 2 heterocycles. The first-order chi connectivity index (χ1) is 21.8. The summed E-state index contributed by atoms with van der Waals surface area (Å²) in [6, 6.07) is 57.8. The largest absolute Gasteiger partial charge is 0.309 e. The number of hydrogen-bond donors (Lipinski definition) is 0. The van der Waals surface area contributed by atoms with Gasteiger partial charge in [0, 0.05) is 32.6 Å². The van der Waals surface area contributed by atoms with Crippen molar-refractivity contribution in [3.05, 3.63) is 158 Å². The van der Waals surface area contributed by atoms with Gasteiger partial charge in [-0.05, 0) is 69.4 Å². The summed E-state index contributed by atoms with van der Waals surface area (Å²) < 4.78 is 4.85. The highest BCUT2D eigenvalue weighted by molar-refractivity contribution is 6.23. The third-order valence-electron chi connectivity index (χ3n) is 9.46. The summed E-state index contributed by atoms with van der Waals surface area (Å²) in [5, 5.41) is 12.7. The number of hydrogen-bond acceptors (Lipinski definition) is 0. The van der Waals surface area contributed by atoms with E-state index < -0.39 is 0 Å². The molecule has 0 spiro atoms. The van der Waals surface area contributed by atoms with E-state index in [1.807, 2.05) is 0 Å². The molecule has 0 aliphatic heterocycles. The van der Waals surface area contributed by atoms with Gasteiger partial charge in [0.1, 0.15) is 0 Å². The van der Waals surface area contributed by atoms with Crippen molar-refractivity contribution in [2.75, 3.05) is 0 Å². The van der Waals surface area contributed by atoms with Crippen molar-refractivity contribution < 1.29 is 0 Å². The van der Waals surface area contributed by atoms with Crippen LogP contribution in [0.5, 0.6) is 0 Å². The van der Waals surface area contributed by atoms with Crippen molar-refractivity contribution in [3.63, 3.8) is 0 Å². The Bertz CT molecular complexity index is 2670. The van der Waals surface area contributed by atoms with Gasteiger partial charge in [0.25, 0.3) is 0 Å². The van der Waals surface area contributed by atoms with Crippen LogP contribution >= 0.6 is 0 Å². The van der Waals surface area contributed by atoms with Gasteiger partial charge < -0.3 is 9.13 Å². The zero-order valence-corrected chi connectivity index (χ0v) is 23.9. The van der Waals surface area contributed by atoms with E-state index in [1.54, 1.807) is 0 Å². The Morgan fingerprint density at radius 3 is 1.32 bits per heavy atom. The van der Waals surface area contributed by atoms with Crippen molar-refractivity contribution in [1.29, 1.82) is 0 Å². The summed E-state index contributed by atoms with van der Waals surface area (Å²) in [5.41, 5.74) is 7.32. The summed E-state index contributed by atoms with van der Waals surface area (Å²) >= 11 is 0. The summed E-state index contributed by atoms with van der Waals surface area (Å²) in [7, 11) is 0. The molecule has 10 aromatic rings. The molecule has 8 aromatic carbocycles. The van der Waals surface area contributed by atoms with Gasteiger partial charge >= 0.3 is 0 Å². The maximum absolute atomic E-state index is 2.45. The summed E-state index contributed by atoms with van der Waals surface area (Å²) in [6.07, 6.45) is 0. The minimum atomic E-state index is 1.18. The van der Waals surface area contributed by atoms with Crippen LogP contribution in [0.4, 0.5) is 0 Å². The molecule has 0 aliphatic carbocycles. The van der Waals surface area contributed by atoms with Crippen LogP contribution in [-0.4, -0.2) is 9.13 Å². The predicted molar refractivity (Wildman–Crippen MR) is 188 cm³/mol. The van der Waals surface area contributed by atoms with Crippen LogP contribution in [0, 0.1) is 0 Å². The zero-order chi connectivity index (χ0) is 28.8. The van der Waals surface area contributed by atoms with E-state index in [0.717, 1.165) is 0 Å². The van der Waals surface area contributed by atoms with Crippen LogP contribution in [0.25, 0.3) is 87.3 Å². The van der Waals surface area contributed by atoms with Gasteiger partial charge in [-0.2, -0.15) is 0 Å². The lowest BCUT2D eigenvalue weighted by Gasteiger charge is -2.16. The molecule has 44 heavy (non-hydrogen) atoms. The number of para-hydroxylation sites is 4. The maximum Gasteiger partial charge on any atom is 0.0546 e. The minimum absolute atomic E-state index is 1.18. The Kier molecular flexibility index (Phi) is 4.75. The smallest absolute Gasteiger partial charge is 0.0546 e. The molecule has 0 fully saturated rings. The first-order valence-corrected chi connectivity index (χ1v) is 15.2. The van der Waals surface area contributed by atoms with Gasteiger partial charge in [-0.1, -0.05) is 115 Å². The molecule has 2 heteroatoms. The van der Waals surface area contributed by atoms with E-state index in [1.165, 1.54) is 87.3 Å². The topological polar surface area (TPSA) is 9.86 Å². The van der Waals surface area contributed by atoms with Gasteiger partial charge in [0.15, 0.2) is 0 Å². The molecule has 0 N–H and O–H groups in total. The normalized spacial score (nSPS) is 12.1. The number of nitrogens with zero attached hydrogens (tertiary/aromatic N) is 2. The second-order valence-corrected chi connectivity index (χ2v) is 11.7. The van der Waals surface area contributed by atoms with E-state index in [0.29, 0.717) is 0 Å². The highest BCUT2D eigenvalue weighted by atomic mass is 15.0. The number of rotatable bonds is 2. The first-order valence-electron chi connectivity index (χ1n) is 15.2. The molecular weight excluding hydrogens is 532 g/mol. The maximum atomic E-state index is 2.45. The fourth-order valence-electron chi connectivity index (χ4n) is 7.61. The van der Waals surface area contributed by atoms with Crippen LogP contribution in [0.15, 0.2) is 158 Å². The van der Waals surface area contributed by atoms with Crippen molar-refractivity contribution in [3.8, 4) is 11.4 Å². The third-order valence-corrected chi connectivity index (χ3v) is 9.46. The second kappa shape index (κ2) is 8.82. The van der Waals surface area contributed by atoms with Crippen LogP contribution in [0.3, 0.4) is 0 Å². The van der Waals surface area contributed by atoms with Crippen molar-refractivity contribution >= 4 is 75.9 Å². The lowest BCUT2D eigenvalue weighted by Crippen LogP contribution is -1.97. The molecule has 0 aliphatic rings. The van der Waals surface area contributed by atoms with Crippen molar-refractivity contribution in [2.24, 2.45) is 0 Å². The van der Waals surface area contributed by atoms with Crippen LogP contribution in [0.2, 0.25) is 0 Å². The molecule has 204 valence electrons. The molecule has 0 saturated heterocycles. The molecule has 0 radical (unpaired) electrons. The Balaban J connectivity index is 1.27. The SMILES string of the molecule is c1ccc2c(c1)c(-n1c3ccccc3c3ccccc31)cc1ccc3cc(-n4c5ccccc5c5ccccc54)ccc3c12. The third kappa shape index (κ3) is 3.14. The molecule has 10 rings (SSSR count). The number of benzene rings is 8. The quantitative estimate of drug-likeness (QED) is 0.187. The van der Waals surface area contributed by atoms with Crippen molar-refractivity contribution in [2.45, 2.75) is 0 Å². The second-order valence-electron chi connectivity index (χ2n) is 11.7. The van der Waals surface area contributed by atoms with E-state index in [9.17, 15) is 0 Å². The van der Waals surface area contributed by atoms with Gasteiger partial charge in [-0.15, -0.1) is 0 Å². The first kappa shape index (κ1) is 23.7. The van der Waals surface area contributed by atoms with Crippen LogP contribution in [-0.2, 0) is 0 Å². The Hall–Kier alpha value is -5.86. The standard InChI is InChI=1S/C42H26N2/c1-2-16-36-35(15-1)41(44-39-19-9-5-13-33(39)34-14-6-10-20-40(34)44)26-28-22-21-27-25-29(23-24-30(27)42(28)36)43-37-17-7-3-11-31(37)32-12-4-8-18-38(32)43/h1-26H. The fourth-order valence-corrected chi connectivity index (χ4v) is 7.61. The van der Waals surface area contributed by atoms with Gasteiger partial charge in [-0.3, -0.25) is 0 Å². The molecular formula is C42H26N2. The highest BCUT2D eigenvalue weighted by Gasteiger charge is 2.17. The molecule has 0 amide bonds. The minimum Gasteiger partial charge on any atom is -0.309 e. The van der Waals surface area contributed by atoms with E-state index >= 15 is 0 Å². The molecule has 0 bridgehead atoms. The lowest BCUT2D eigenvalue weighted by molar-refractivity contribution is 1.19. The average molecular weight is 559 g/mol. The van der Waals surface area contributed by atoms with E-state index in [-0.39, 0.29) is 0 Å². The van der Waals surface area contributed by atoms with Crippen LogP contribution < -0.4 is 0 Å². The van der Waals surface area contributed by atoms with E-state index in [4.69, 9.17) is 0 Å².